The van der Waals surface area contributed by atoms with Gasteiger partial charge >= 0.3 is 0 Å². The average molecular weight is 515 g/mol. The van der Waals surface area contributed by atoms with Gasteiger partial charge in [-0.25, -0.2) is 4.99 Å². The van der Waals surface area contributed by atoms with Crippen LogP contribution in [0.1, 0.15) is 41.3 Å². The largest absolute Gasteiger partial charge is 0.466 e. The number of hydrogen-bond acceptors (Lipinski definition) is 5. The van der Waals surface area contributed by atoms with Gasteiger partial charge in [-0.15, -0.1) is 24.0 Å². The van der Waals surface area contributed by atoms with Gasteiger partial charge in [0.25, 0.3) is 5.91 Å². The van der Waals surface area contributed by atoms with Gasteiger partial charge in [0.15, 0.2) is 5.96 Å². The molecule has 0 fully saturated rings. The molecule has 9 heteroatoms. The van der Waals surface area contributed by atoms with E-state index in [0.717, 1.165) is 11.3 Å². The molecule has 4 N–H and O–H groups in total. The van der Waals surface area contributed by atoms with Crippen molar-refractivity contribution < 1.29 is 14.3 Å². The summed E-state index contributed by atoms with van der Waals surface area (Å²) in [5.41, 5.74) is 0.108. The van der Waals surface area contributed by atoms with E-state index in [1.54, 1.807) is 25.3 Å². The van der Waals surface area contributed by atoms with Crippen molar-refractivity contribution in [2.75, 3.05) is 26.2 Å². The summed E-state index contributed by atoms with van der Waals surface area (Å²) in [4.78, 5) is 20.4. The molecule has 0 radical (unpaired) electrons. The summed E-state index contributed by atoms with van der Waals surface area (Å²) in [6.07, 6.45) is 3.15. The van der Waals surface area contributed by atoms with Gasteiger partial charge in [0.2, 0.25) is 0 Å². The van der Waals surface area contributed by atoms with Gasteiger partial charge in [-0.3, -0.25) is 9.78 Å². The summed E-state index contributed by atoms with van der Waals surface area (Å²) in [7, 11) is 0. The van der Waals surface area contributed by atoms with E-state index in [1.807, 2.05) is 26.8 Å². The van der Waals surface area contributed by atoms with Crippen molar-refractivity contribution in [1.82, 2.24) is 20.9 Å². The van der Waals surface area contributed by atoms with Gasteiger partial charge < -0.3 is 25.5 Å². The summed E-state index contributed by atoms with van der Waals surface area (Å²) in [5.74, 6) is 1.83. The van der Waals surface area contributed by atoms with Gasteiger partial charge in [-0.2, -0.15) is 0 Å². The van der Waals surface area contributed by atoms with Crippen LogP contribution in [0.5, 0.6) is 0 Å². The highest BCUT2D eigenvalue weighted by molar-refractivity contribution is 14.0. The van der Waals surface area contributed by atoms with Crippen LogP contribution < -0.4 is 16.0 Å². The number of aromatic nitrogens is 1. The molecule has 2 aromatic heterocycles. The highest BCUT2D eigenvalue weighted by atomic mass is 127. The van der Waals surface area contributed by atoms with E-state index in [1.165, 1.54) is 6.20 Å². The molecular formula is C20H30IN5O3. The first-order valence-electron chi connectivity index (χ1n) is 9.33. The van der Waals surface area contributed by atoms with Gasteiger partial charge in [0, 0.05) is 37.6 Å². The van der Waals surface area contributed by atoms with Crippen LogP contribution in [0.2, 0.25) is 0 Å². The number of carbonyl (C=O) groups excluding carboxylic acids is 1. The second-order valence-corrected chi connectivity index (χ2v) is 6.72. The highest BCUT2D eigenvalue weighted by Gasteiger charge is 2.27. The molecular weight excluding hydrogens is 485 g/mol. The lowest BCUT2D eigenvalue weighted by molar-refractivity contribution is 0.0657. The summed E-state index contributed by atoms with van der Waals surface area (Å²) in [6.45, 7) is 9.12. The first kappa shape index (κ1) is 24.9. The maximum atomic E-state index is 12.0. The summed E-state index contributed by atoms with van der Waals surface area (Å²) in [5, 5.41) is 19.9. The quantitative estimate of drug-likeness (QED) is 0.186. The second kappa shape index (κ2) is 11.8. The zero-order valence-electron chi connectivity index (χ0n) is 17.3. The molecule has 0 bridgehead atoms. The van der Waals surface area contributed by atoms with E-state index >= 15 is 0 Å². The van der Waals surface area contributed by atoms with Gasteiger partial charge in [0.05, 0.1) is 12.1 Å². The van der Waals surface area contributed by atoms with E-state index in [9.17, 15) is 9.90 Å². The minimum Gasteiger partial charge on any atom is -0.466 e. The molecule has 8 nitrogen and oxygen atoms in total. The van der Waals surface area contributed by atoms with Crippen molar-refractivity contribution in [3.05, 3.63) is 53.2 Å². The number of furan rings is 1. The zero-order valence-corrected chi connectivity index (χ0v) is 19.6. The maximum absolute atomic E-state index is 12.0. The van der Waals surface area contributed by atoms with E-state index in [-0.39, 0.29) is 36.4 Å². The molecule has 29 heavy (non-hydrogen) atoms. The Hall–Kier alpha value is -2.14. The standard InChI is InChI=1S/C20H29N5O3.HI/c1-5-22-19(24-10-9-23-18(26)16-7-6-8-21-12-16)25-13-20(4,27)17-11-14(2)28-15(17)3;/h6-8,11-12,27H,5,9-10,13H2,1-4H3,(H,23,26)(H2,22,24,25);1H. The second-order valence-electron chi connectivity index (χ2n) is 6.72. The third-order valence-corrected chi connectivity index (χ3v) is 4.14. The molecule has 0 spiro atoms. The third kappa shape index (κ3) is 7.65. The summed E-state index contributed by atoms with van der Waals surface area (Å²) < 4.78 is 5.51. The van der Waals surface area contributed by atoms with Gasteiger partial charge in [-0.05, 0) is 45.9 Å². The molecule has 0 saturated carbocycles. The zero-order chi connectivity index (χ0) is 20.6. The fraction of sp³-hybridized carbons (Fsp3) is 0.450. The third-order valence-electron chi connectivity index (χ3n) is 4.14. The Morgan fingerprint density at radius 3 is 2.59 bits per heavy atom. The van der Waals surface area contributed by atoms with Crippen molar-refractivity contribution in [1.29, 1.82) is 0 Å². The number of pyridine rings is 1. The van der Waals surface area contributed by atoms with Crippen LogP contribution in [0.3, 0.4) is 0 Å². The number of aliphatic hydroxyl groups is 1. The molecule has 0 aliphatic heterocycles. The predicted octanol–water partition coefficient (Wildman–Crippen LogP) is 2.10. The molecule has 1 atom stereocenters. The SMILES string of the molecule is CCNC(=NCC(C)(O)c1cc(C)oc1C)NCCNC(=O)c1cccnc1.I. The lowest BCUT2D eigenvalue weighted by atomic mass is 9.96. The van der Waals surface area contributed by atoms with Crippen LogP contribution in [0.15, 0.2) is 40.0 Å². The van der Waals surface area contributed by atoms with Crippen LogP contribution in [0.25, 0.3) is 0 Å². The molecule has 160 valence electrons. The number of aliphatic imine (C=N–C) groups is 1. The Labute approximate surface area is 188 Å². The molecule has 0 aliphatic carbocycles. The summed E-state index contributed by atoms with van der Waals surface area (Å²) in [6, 6.07) is 5.26. The molecule has 2 heterocycles. The number of halogens is 1. The van der Waals surface area contributed by atoms with E-state index < -0.39 is 5.60 Å². The average Bonchev–Trinajstić information content (AvgIpc) is 3.02. The number of guanidine groups is 1. The van der Waals surface area contributed by atoms with Crippen molar-refractivity contribution >= 4 is 35.8 Å². The molecule has 0 aromatic carbocycles. The minimum atomic E-state index is -1.14. The highest BCUT2D eigenvalue weighted by Crippen LogP contribution is 2.27. The first-order chi connectivity index (χ1) is 13.3. The van der Waals surface area contributed by atoms with Crippen LogP contribution in [0.4, 0.5) is 0 Å². The number of carbonyl (C=O) groups is 1. The molecule has 1 amide bonds. The number of rotatable bonds is 8. The van der Waals surface area contributed by atoms with Gasteiger partial charge in [0.1, 0.15) is 17.1 Å². The molecule has 2 rings (SSSR count). The lowest BCUT2D eigenvalue weighted by Gasteiger charge is -2.21. The lowest BCUT2D eigenvalue weighted by Crippen LogP contribution is -2.42. The smallest absolute Gasteiger partial charge is 0.252 e. The van der Waals surface area contributed by atoms with Crippen LogP contribution in [-0.2, 0) is 5.60 Å². The number of nitrogens with one attached hydrogen (secondary N) is 3. The normalized spacial score (nSPS) is 13.2. The van der Waals surface area contributed by atoms with Crippen molar-refractivity contribution in [3.8, 4) is 0 Å². The fourth-order valence-electron chi connectivity index (χ4n) is 2.78. The molecule has 2 aromatic rings. The van der Waals surface area contributed by atoms with Crippen LogP contribution in [-0.4, -0.2) is 48.1 Å². The van der Waals surface area contributed by atoms with Crippen LogP contribution >= 0.6 is 24.0 Å². The van der Waals surface area contributed by atoms with E-state index in [2.05, 4.69) is 25.9 Å². The van der Waals surface area contributed by atoms with Crippen molar-refractivity contribution in [2.45, 2.75) is 33.3 Å². The first-order valence-corrected chi connectivity index (χ1v) is 9.33. The molecule has 0 aliphatic rings. The predicted molar refractivity (Wildman–Crippen MR) is 124 cm³/mol. The molecule has 1 unspecified atom stereocenters. The monoisotopic (exact) mass is 515 g/mol. The minimum absolute atomic E-state index is 0. The summed E-state index contributed by atoms with van der Waals surface area (Å²) >= 11 is 0. The Morgan fingerprint density at radius 1 is 1.28 bits per heavy atom. The van der Waals surface area contributed by atoms with Crippen LogP contribution in [0, 0.1) is 13.8 Å². The number of aryl methyl sites for hydroxylation is 2. The van der Waals surface area contributed by atoms with E-state index in [4.69, 9.17) is 4.42 Å². The van der Waals surface area contributed by atoms with Crippen molar-refractivity contribution in [3.63, 3.8) is 0 Å². The fourth-order valence-corrected chi connectivity index (χ4v) is 2.78. The Balaban J connectivity index is 0.00000420. The Kier molecular flexibility index (Phi) is 10.1. The van der Waals surface area contributed by atoms with Crippen molar-refractivity contribution in [2.24, 2.45) is 4.99 Å². The number of hydrogen-bond donors (Lipinski definition) is 4. The topological polar surface area (TPSA) is 112 Å². The number of nitrogens with zero attached hydrogens (tertiary/aromatic N) is 2. The molecule has 0 saturated heterocycles. The Bertz CT molecular complexity index is 806. The Morgan fingerprint density at radius 2 is 2.00 bits per heavy atom. The van der Waals surface area contributed by atoms with E-state index in [0.29, 0.717) is 36.9 Å². The maximum Gasteiger partial charge on any atom is 0.252 e. The number of amides is 1. The van der Waals surface area contributed by atoms with Gasteiger partial charge in [-0.1, -0.05) is 0 Å².